The molecule has 1 atom stereocenters. The Hall–Kier alpha value is -2.46. The normalized spacial score (nSPS) is 12.7. The summed E-state index contributed by atoms with van der Waals surface area (Å²) in [7, 11) is -2.45. The second kappa shape index (κ2) is 6.97. The van der Waals surface area contributed by atoms with Crippen molar-refractivity contribution in [2.24, 2.45) is 0 Å². The van der Waals surface area contributed by atoms with Crippen molar-refractivity contribution in [3.8, 4) is 5.88 Å². The van der Waals surface area contributed by atoms with Crippen molar-refractivity contribution >= 4 is 21.6 Å². The largest absolute Gasteiger partial charge is 0.481 e. The molecule has 1 amide bonds. The summed E-state index contributed by atoms with van der Waals surface area (Å²) in [5.74, 6) is 0.0319. The van der Waals surface area contributed by atoms with Crippen molar-refractivity contribution in [1.29, 1.82) is 0 Å². The SMILES string of the molecule is COc1ccc(NC(=O)[C@H](C)NS(=O)(=O)c2c(C)noc2C)cn1. The molecule has 0 saturated carbocycles. The molecule has 0 aliphatic heterocycles. The number of sulfonamides is 1. The van der Waals surface area contributed by atoms with E-state index < -0.39 is 22.0 Å². The van der Waals surface area contributed by atoms with Crippen LogP contribution in [0.15, 0.2) is 27.7 Å². The van der Waals surface area contributed by atoms with Crippen LogP contribution >= 0.6 is 0 Å². The number of amides is 1. The Morgan fingerprint density at radius 2 is 2.04 bits per heavy atom. The average Bonchev–Trinajstić information content (AvgIpc) is 2.87. The maximum Gasteiger partial charge on any atom is 0.246 e. The van der Waals surface area contributed by atoms with Gasteiger partial charge in [0.25, 0.3) is 0 Å². The molecule has 0 bridgehead atoms. The lowest BCUT2D eigenvalue weighted by molar-refractivity contribution is -0.117. The third kappa shape index (κ3) is 3.89. The molecule has 2 rings (SSSR count). The fourth-order valence-electron chi connectivity index (χ4n) is 2.03. The number of anilines is 1. The number of aryl methyl sites for hydroxylation is 2. The van der Waals surface area contributed by atoms with Crippen LogP contribution in [-0.2, 0) is 14.8 Å². The molecular formula is C14H18N4O5S. The first-order valence-electron chi connectivity index (χ1n) is 7.00. The van der Waals surface area contributed by atoms with Gasteiger partial charge < -0.3 is 14.6 Å². The van der Waals surface area contributed by atoms with Crippen molar-refractivity contribution < 1.29 is 22.5 Å². The number of carbonyl (C=O) groups is 1. The van der Waals surface area contributed by atoms with Gasteiger partial charge in [0.1, 0.15) is 10.6 Å². The summed E-state index contributed by atoms with van der Waals surface area (Å²) in [5, 5.41) is 6.17. The summed E-state index contributed by atoms with van der Waals surface area (Å²) in [5.41, 5.74) is 0.649. The number of hydrogen-bond donors (Lipinski definition) is 2. The first-order valence-corrected chi connectivity index (χ1v) is 8.49. The smallest absolute Gasteiger partial charge is 0.246 e. The third-order valence-corrected chi connectivity index (χ3v) is 4.96. The number of hydrogen-bond acceptors (Lipinski definition) is 7. The summed E-state index contributed by atoms with van der Waals surface area (Å²) >= 11 is 0. The van der Waals surface area contributed by atoms with Gasteiger partial charge >= 0.3 is 0 Å². The number of carbonyl (C=O) groups excluding carboxylic acids is 1. The van der Waals surface area contributed by atoms with Crippen LogP contribution in [0, 0.1) is 13.8 Å². The Morgan fingerprint density at radius 3 is 2.54 bits per heavy atom. The highest BCUT2D eigenvalue weighted by atomic mass is 32.2. The zero-order valence-electron chi connectivity index (χ0n) is 13.7. The van der Waals surface area contributed by atoms with Crippen LogP contribution in [0.4, 0.5) is 5.69 Å². The fraction of sp³-hybridized carbons (Fsp3) is 0.357. The van der Waals surface area contributed by atoms with Crippen LogP contribution in [-0.4, -0.2) is 37.6 Å². The molecule has 2 aromatic heterocycles. The molecule has 0 fully saturated rings. The van der Waals surface area contributed by atoms with Crippen molar-refractivity contribution in [2.75, 3.05) is 12.4 Å². The highest BCUT2D eigenvalue weighted by Crippen LogP contribution is 2.19. The zero-order valence-corrected chi connectivity index (χ0v) is 14.5. The topological polar surface area (TPSA) is 123 Å². The Morgan fingerprint density at radius 1 is 1.33 bits per heavy atom. The van der Waals surface area contributed by atoms with E-state index >= 15 is 0 Å². The molecule has 9 nitrogen and oxygen atoms in total. The van der Waals surface area contributed by atoms with Gasteiger partial charge in [-0.25, -0.2) is 13.4 Å². The van der Waals surface area contributed by atoms with Gasteiger partial charge in [-0.05, 0) is 26.8 Å². The lowest BCUT2D eigenvalue weighted by atomic mass is 10.3. The first kappa shape index (κ1) is 17.9. The minimum absolute atomic E-state index is 0.0618. The summed E-state index contributed by atoms with van der Waals surface area (Å²) < 4.78 is 36.8. The standard InChI is InChI=1S/C14H18N4O5S/c1-8-13(10(3)23-17-8)24(20,21)18-9(2)14(19)16-11-5-6-12(22-4)15-7-11/h5-7,9,18H,1-4H3,(H,16,19)/t9-/m0/s1. The van der Waals surface area contributed by atoms with E-state index in [1.54, 1.807) is 12.1 Å². The molecule has 2 aromatic rings. The van der Waals surface area contributed by atoms with Crippen LogP contribution < -0.4 is 14.8 Å². The Kier molecular flexibility index (Phi) is 5.20. The lowest BCUT2D eigenvalue weighted by Crippen LogP contribution is -2.41. The molecule has 24 heavy (non-hydrogen) atoms. The summed E-state index contributed by atoms with van der Waals surface area (Å²) in [6.07, 6.45) is 1.41. The van der Waals surface area contributed by atoms with E-state index in [0.717, 1.165) is 0 Å². The molecule has 0 saturated heterocycles. The van der Waals surface area contributed by atoms with Crippen molar-refractivity contribution in [3.05, 3.63) is 29.8 Å². The fourth-order valence-corrected chi connectivity index (χ4v) is 3.56. The summed E-state index contributed by atoms with van der Waals surface area (Å²) in [6.45, 7) is 4.43. The number of ether oxygens (including phenoxy) is 1. The highest BCUT2D eigenvalue weighted by Gasteiger charge is 2.28. The van der Waals surface area contributed by atoms with Gasteiger partial charge in [0.05, 0.1) is 25.0 Å². The molecule has 10 heteroatoms. The molecule has 0 radical (unpaired) electrons. The monoisotopic (exact) mass is 354 g/mol. The Bertz CT molecular complexity index is 810. The molecule has 0 spiro atoms. The second-order valence-electron chi connectivity index (χ2n) is 5.07. The number of nitrogens with one attached hydrogen (secondary N) is 2. The number of methoxy groups -OCH3 is 1. The Labute approximate surface area is 139 Å². The second-order valence-corrected chi connectivity index (χ2v) is 6.73. The number of rotatable bonds is 6. The predicted molar refractivity (Wildman–Crippen MR) is 85.2 cm³/mol. The van der Waals surface area contributed by atoms with Gasteiger partial charge in [-0.1, -0.05) is 5.16 Å². The van der Waals surface area contributed by atoms with Gasteiger partial charge in [0.15, 0.2) is 5.76 Å². The quantitative estimate of drug-likeness (QED) is 0.793. The first-order chi connectivity index (χ1) is 11.2. The summed E-state index contributed by atoms with van der Waals surface area (Å²) in [4.78, 5) is 16.0. The van der Waals surface area contributed by atoms with Gasteiger partial charge in [-0.3, -0.25) is 4.79 Å². The van der Waals surface area contributed by atoms with Gasteiger partial charge in [-0.2, -0.15) is 4.72 Å². The molecule has 0 aliphatic rings. The minimum Gasteiger partial charge on any atom is -0.481 e. The van der Waals surface area contributed by atoms with Crippen LogP contribution in [0.1, 0.15) is 18.4 Å². The highest BCUT2D eigenvalue weighted by molar-refractivity contribution is 7.89. The molecular weight excluding hydrogens is 336 g/mol. The van der Waals surface area contributed by atoms with Crippen LogP contribution in [0.2, 0.25) is 0 Å². The Balaban J connectivity index is 2.08. The van der Waals surface area contributed by atoms with Crippen LogP contribution in [0.3, 0.4) is 0 Å². The maximum atomic E-state index is 12.4. The van der Waals surface area contributed by atoms with Gasteiger partial charge in [0.2, 0.25) is 21.8 Å². The van der Waals surface area contributed by atoms with E-state index in [2.05, 4.69) is 20.2 Å². The number of aromatic nitrogens is 2. The van der Waals surface area contributed by atoms with E-state index in [9.17, 15) is 13.2 Å². The maximum absolute atomic E-state index is 12.4. The van der Waals surface area contributed by atoms with E-state index in [0.29, 0.717) is 11.6 Å². The van der Waals surface area contributed by atoms with Crippen molar-refractivity contribution in [3.63, 3.8) is 0 Å². The van der Waals surface area contributed by atoms with Gasteiger partial charge in [0, 0.05) is 6.07 Å². The number of pyridine rings is 1. The zero-order chi connectivity index (χ0) is 17.9. The van der Waals surface area contributed by atoms with E-state index in [1.807, 2.05) is 0 Å². The van der Waals surface area contributed by atoms with Crippen molar-refractivity contribution in [1.82, 2.24) is 14.9 Å². The van der Waals surface area contributed by atoms with Crippen molar-refractivity contribution in [2.45, 2.75) is 31.7 Å². The third-order valence-electron chi connectivity index (χ3n) is 3.17. The molecule has 2 N–H and O–H groups in total. The summed E-state index contributed by atoms with van der Waals surface area (Å²) in [6, 6.07) is 2.17. The molecule has 0 unspecified atom stereocenters. The van der Waals surface area contributed by atoms with Crippen LogP contribution in [0.5, 0.6) is 5.88 Å². The molecule has 0 aromatic carbocycles. The van der Waals surface area contributed by atoms with E-state index in [1.165, 1.54) is 34.1 Å². The van der Waals surface area contributed by atoms with E-state index in [-0.39, 0.29) is 16.3 Å². The van der Waals surface area contributed by atoms with Gasteiger partial charge in [-0.15, -0.1) is 0 Å². The number of nitrogens with zero attached hydrogens (tertiary/aromatic N) is 2. The molecule has 0 aliphatic carbocycles. The molecule has 2 heterocycles. The predicted octanol–water partition coefficient (Wildman–Crippen LogP) is 1.00. The van der Waals surface area contributed by atoms with E-state index in [4.69, 9.17) is 9.26 Å². The van der Waals surface area contributed by atoms with Crippen LogP contribution in [0.25, 0.3) is 0 Å². The molecule has 130 valence electrons. The average molecular weight is 354 g/mol. The lowest BCUT2D eigenvalue weighted by Gasteiger charge is -2.14. The minimum atomic E-state index is -3.93.